The van der Waals surface area contributed by atoms with Crippen molar-refractivity contribution in [3.05, 3.63) is 7.05 Å². The summed E-state index contributed by atoms with van der Waals surface area (Å²) in [6.07, 6.45) is 2.39. The monoisotopic (exact) mass is 186 g/mol. The first-order valence-corrected chi connectivity index (χ1v) is 5.01. The Morgan fingerprint density at radius 3 is 2.23 bits per heavy atom. The van der Waals surface area contributed by atoms with Gasteiger partial charge in [-0.15, -0.1) is 0 Å². The molecule has 3 nitrogen and oxygen atoms in total. The minimum atomic E-state index is 1.08. The summed E-state index contributed by atoms with van der Waals surface area (Å²) >= 11 is 0. The average molecular weight is 186 g/mol. The smallest absolute Gasteiger partial charge is 0.00135 e. The van der Waals surface area contributed by atoms with Crippen molar-refractivity contribution in [3.63, 3.8) is 0 Å². The number of nitrogens with zero attached hydrogens (tertiary/aromatic N) is 2. The molecule has 0 rings (SSSR count). The number of hydrogen-bond acceptors (Lipinski definition) is 3. The van der Waals surface area contributed by atoms with Crippen LogP contribution in [0.4, 0.5) is 0 Å². The quantitative estimate of drug-likeness (QED) is 0.443. The lowest BCUT2D eigenvalue weighted by Crippen LogP contribution is -2.24. The molecule has 13 heavy (non-hydrogen) atoms. The van der Waals surface area contributed by atoms with E-state index in [1.807, 2.05) is 7.05 Å². The Morgan fingerprint density at radius 1 is 1.08 bits per heavy atom. The van der Waals surface area contributed by atoms with Crippen molar-refractivity contribution in [2.75, 3.05) is 47.3 Å². The van der Waals surface area contributed by atoms with Crippen molar-refractivity contribution in [1.29, 1.82) is 0 Å². The molecule has 1 N–H and O–H groups in total. The summed E-state index contributed by atoms with van der Waals surface area (Å²) in [5.74, 6) is 0. The average Bonchev–Trinajstić information content (AvgIpc) is 2.04. The maximum absolute atomic E-state index is 3.99. The molecule has 80 valence electrons. The first-order chi connectivity index (χ1) is 6.16. The standard InChI is InChI=1S/C10H24N3/c1-11-7-5-9-13(4)10-6-8-12(2)3/h11H,4-10H2,1-3H3/q-1. The molecular formula is C10H24N3-. The number of nitrogens with one attached hydrogen (secondary N) is 1. The van der Waals surface area contributed by atoms with Gasteiger partial charge in [-0.1, -0.05) is 0 Å². The topological polar surface area (TPSA) is 18.5 Å². The van der Waals surface area contributed by atoms with E-state index in [4.69, 9.17) is 0 Å². The number of rotatable bonds is 8. The van der Waals surface area contributed by atoms with Crippen LogP contribution < -0.4 is 5.32 Å². The molecule has 0 saturated carbocycles. The summed E-state index contributed by atoms with van der Waals surface area (Å²) < 4.78 is 0. The molecule has 0 aliphatic carbocycles. The molecule has 0 unspecified atom stereocenters. The van der Waals surface area contributed by atoms with Gasteiger partial charge in [0, 0.05) is 0 Å². The van der Waals surface area contributed by atoms with Gasteiger partial charge in [0.25, 0.3) is 0 Å². The summed E-state index contributed by atoms with van der Waals surface area (Å²) in [7, 11) is 10.2. The van der Waals surface area contributed by atoms with Crippen molar-refractivity contribution in [1.82, 2.24) is 15.1 Å². The molecule has 0 spiro atoms. The van der Waals surface area contributed by atoms with Crippen molar-refractivity contribution in [3.8, 4) is 0 Å². The normalized spacial score (nSPS) is 11.5. The molecular weight excluding hydrogens is 162 g/mol. The zero-order valence-electron chi connectivity index (χ0n) is 9.34. The first kappa shape index (κ1) is 12.9. The van der Waals surface area contributed by atoms with Crippen LogP contribution in [0.5, 0.6) is 0 Å². The second kappa shape index (κ2) is 8.48. The van der Waals surface area contributed by atoms with Crippen molar-refractivity contribution in [2.45, 2.75) is 12.8 Å². The maximum Gasteiger partial charge on any atom is -0.00135 e. The summed E-state index contributed by atoms with van der Waals surface area (Å²) in [5.41, 5.74) is 0. The fourth-order valence-corrected chi connectivity index (χ4v) is 1.20. The second-order valence-electron chi connectivity index (χ2n) is 3.73. The summed E-state index contributed by atoms with van der Waals surface area (Å²) in [6, 6.07) is 0. The van der Waals surface area contributed by atoms with E-state index >= 15 is 0 Å². The van der Waals surface area contributed by atoms with Crippen LogP contribution in [-0.4, -0.2) is 57.1 Å². The Bertz CT molecular complexity index is 104. The van der Waals surface area contributed by atoms with E-state index in [-0.39, 0.29) is 0 Å². The Morgan fingerprint density at radius 2 is 1.69 bits per heavy atom. The molecule has 0 fully saturated rings. The van der Waals surface area contributed by atoms with Gasteiger partial charge in [-0.05, 0) is 60.2 Å². The molecule has 0 saturated heterocycles. The van der Waals surface area contributed by atoms with Crippen LogP contribution in [0.2, 0.25) is 0 Å². The molecule has 0 atom stereocenters. The largest absolute Gasteiger partial charge is 0.459 e. The summed E-state index contributed by atoms with van der Waals surface area (Å²) in [6.45, 7) is 4.42. The molecule has 0 aliphatic rings. The Kier molecular flexibility index (Phi) is 8.40. The van der Waals surface area contributed by atoms with Gasteiger partial charge in [-0.25, -0.2) is 0 Å². The Balaban J connectivity index is 3.15. The highest BCUT2D eigenvalue weighted by Gasteiger charge is 1.93. The lowest BCUT2D eigenvalue weighted by atomic mass is 10.3. The van der Waals surface area contributed by atoms with Crippen LogP contribution in [0.15, 0.2) is 0 Å². The van der Waals surface area contributed by atoms with Gasteiger partial charge in [0.2, 0.25) is 0 Å². The second-order valence-corrected chi connectivity index (χ2v) is 3.73. The molecule has 0 aromatic heterocycles. The van der Waals surface area contributed by atoms with Crippen LogP contribution in [0.3, 0.4) is 0 Å². The van der Waals surface area contributed by atoms with E-state index in [0.29, 0.717) is 0 Å². The molecule has 0 radical (unpaired) electrons. The van der Waals surface area contributed by atoms with Gasteiger partial charge in [-0.3, -0.25) is 7.05 Å². The van der Waals surface area contributed by atoms with Gasteiger partial charge in [0.15, 0.2) is 0 Å². The molecule has 0 amide bonds. The molecule has 0 aromatic carbocycles. The lowest BCUT2D eigenvalue weighted by Gasteiger charge is -2.25. The number of hydrogen-bond donors (Lipinski definition) is 1. The Hall–Kier alpha value is -0.120. The predicted molar refractivity (Wildman–Crippen MR) is 58.6 cm³/mol. The third-order valence-electron chi connectivity index (χ3n) is 1.98. The van der Waals surface area contributed by atoms with Crippen LogP contribution in [-0.2, 0) is 0 Å². The van der Waals surface area contributed by atoms with Gasteiger partial charge in [-0.2, -0.15) is 0 Å². The van der Waals surface area contributed by atoms with E-state index in [0.717, 1.165) is 26.2 Å². The third kappa shape index (κ3) is 9.80. The van der Waals surface area contributed by atoms with Gasteiger partial charge < -0.3 is 15.1 Å². The molecule has 3 heteroatoms. The van der Waals surface area contributed by atoms with Gasteiger partial charge >= 0.3 is 0 Å². The van der Waals surface area contributed by atoms with E-state index < -0.39 is 0 Å². The van der Waals surface area contributed by atoms with Crippen molar-refractivity contribution < 1.29 is 0 Å². The van der Waals surface area contributed by atoms with Crippen molar-refractivity contribution >= 4 is 0 Å². The van der Waals surface area contributed by atoms with Crippen LogP contribution in [0.1, 0.15) is 12.8 Å². The van der Waals surface area contributed by atoms with E-state index in [1.54, 1.807) is 0 Å². The lowest BCUT2D eigenvalue weighted by molar-refractivity contribution is 0.319. The highest BCUT2D eigenvalue weighted by atomic mass is 15.1. The third-order valence-corrected chi connectivity index (χ3v) is 1.98. The molecule has 0 aliphatic heterocycles. The highest BCUT2D eigenvalue weighted by molar-refractivity contribution is 4.57. The predicted octanol–water partition coefficient (Wildman–Crippen LogP) is 0.641. The molecule has 0 aromatic rings. The first-order valence-electron chi connectivity index (χ1n) is 5.01. The zero-order valence-corrected chi connectivity index (χ0v) is 9.34. The summed E-state index contributed by atoms with van der Waals surface area (Å²) in [4.78, 5) is 4.36. The minimum absolute atomic E-state index is 1.08. The van der Waals surface area contributed by atoms with E-state index in [9.17, 15) is 0 Å². The van der Waals surface area contributed by atoms with Crippen molar-refractivity contribution in [2.24, 2.45) is 0 Å². The van der Waals surface area contributed by atoms with E-state index in [1.165, 1.54) is 12.8 Å². The summed E-state index contributed by atoms with van der Waals surface area (Å²) in [5, 5.41) is 3.13. The highest BCUT2D eigenvalue weighted by Crippen LogP contribution is 1.92. The zero-order chi connectivity index (χ0) is 10.1. The van der Waals surface area contributed by atoms with Crippen LogP contribution in [0.25, 0.3) is 0 Å². The van der Waals surface area contributed by atoms with E-state index in [2.05, 4.69) is 36.3 Å². The maximum atomic E-state index is 3.99. The molecule has 0 bridgehead atoms. The SMILES string of the molecule is [CH2-]N(CCCNC)CCCN(C)C. The van der Waals surface area contributed by atoms with Gasteiger partial charge in [0.1, 0.15) is 0 Å². The fourth-order valence-electron chi connectivity index (χ4n) is 1.20. The fraction of sp³-hybridized carbons (Fsp3) is 0.900. The molecule has 0 heterocycles. The minimum Gasteiger partial charge on any atom is -0.459 e. The van der Waals surface area contributed by atoms with Gasteiger partial charge in [0.05, 0.1) is 0 Å². The van der Waals surface area contributed by atoms with Crippen LogP contribution in [0, 0.1) is 7.05 Å². The van der Waals surface area contributed by atoms with Crippen LogP contribution >= 0.6 is 0 Å². The Labute approximate surface area is 83.1 Å².